The van der Waals surface area contributed by atoms with Gasteiger partial charge in [-0.2, -0.15) is 0 Å². The summed E-state index contributed by atoms with van der Waals surface area (Å²) >= 11 is 0. The Morgan fingerprint density at radius 3 is 2.64 bits per heavy atom. The number of benzene rings is 1. The molecule has 0 unspecified atom stereocenters. The molecule has 1 saturated carbocycles. The van der Waals surface area contributed by atoms with E-state index < -0.39 is 4.92 Å². The summed E-state index contributed by atoms with van der Waals surface area (Å²) < 4.78 is 4.95. The summed E-state index contributed by atoms with van der Waals surface area (Å²) in [4.78, 5) is 24.6. The average Bonchev–Trinajstić information content (AvgIpc) is 3.08. The number of ether oxygens (including phenoxy) is 1. The van der Waals surface area contributed by atoms with Gasteiger partial charge in [-0.1, -0.05) is 6.42 Å². The zero-order valence-corrected chi connectivity index (χ0v) is 12.4. The number of hydrogen-bond acceptors (Lipinski definition) is 4. The number of amides is 2. The molecule has 0 spiro atoms. The molecule has 1 aliphatic heterocycles. The number of nitro groups is 1. The number of fused-ring (bicyclic) bond motifs is 1. The van der Waals surface area contributed by atoms with E-state index in [4.69, 9.17) is 4.74 Å². The van der Waals surface area contributed by atoms with Crippen LogP contribution in [-0.2, 0) is 0 Å². The third kappa shape index (κ3) is 2.70. The number of likely N-dealkylation sites (tertiary alicyclic amines) is 1. The lowest BCUT2D eigenvalue weighted by Gasteiger charge is -2.18. The lowest BCUT2D eigenvalue weighted by molar-refractivity contribution is -0.385. The molecule has 2 atom stereocenters. The normalized spacial score (nSPS) is 23.2. The summed E-state index contributed by atoms with van der Waals surface area (Å²) in [6.45, 7) is 1.57. The van der Waals surface area contributed by atoms with Gasteiger partial charge in [-0.05, 0) is 36.8 Å². The minimum atomic E-state index is -0.519. The second-order valence-corrected chi connectivity index (χ2v) is 5.93. The zero-order valence-electron chi connectivity index (χ0n) is 12.4. The Labute approximate surface area is 128 Å². The molecule has 22 heavy (non-hydrogen) atoms. The molecular formula is C15H19N3O4. The highest BCUT2D eigenvalue weighted by atomic mass is 16.6. The van der Waals surface area contributed by atoms with Crippen LogP contribution in [0.4, 0.5) is 16.2 Å². The van der Waals surface area contributed by atoms with E-state index in [0.29, 0.717) is 17.5 Å². The molecule has 0 bridgehead atoms. The van der Waals surface area contributed by atoms with Crippen molar-refractivity contribution in [3.63, 3.8) is 0 Å². The number of anilines is 1. The van der Waals surface area contributed by atoms with Crippen LogP contribution in [0, 0.1) is 22.0 Å². The first kappa shape index (κ1) is 14.6. The third-order valence-electron chi connectivity index (χ3n) is 4.64. The van der Waals surface area contributed by atoms with Crippen LogP contribution in [-0.4, -0.2) is 36.1 Å². The van der Waals surface area contributed by atoms with E-state index in [-0.39, 0.29) is 17.5 Å². The largest absolute Gasteiger partial charge is 0.490 e. The van der Waals surface area contributed by atoms with E-state index in [1.54, 1.807) is 6.07 Å². The van der Waals surface area contributed by atoms with Gasteiger partial charge in [0, 0.05) is 24.8 Å². The van der Waals surface area contributed by atoms with E-state index in [1.165, 1.54) is 38.5 Å². The molecule has 0 radical (unpaired) electrons. The van der Waals surface area contributed by atoms with E-state index in [2.05, 4.69) is 5.32 Å². The van der Waals surface area contributed by atoms with E-state index >= 15 is 0 Å². The van der Waals surface area contributed by atoms with Crippen molar-refractivity contribution < 1.29 is 14.5 Å². The van der Waals surface area contributed by atoms with E-state index in [0.717, 1.165) is 13.1 Å². The maximum Gasteiger partial charge on any atom is 0.321 e. The van der Waals surface area contributed by atoms with Crippen molar-refractivity contribution in [1.82, 2.24) is 4.90 Å². The number of methoxy groups -OCH3 is 1. The van der Waals surface area contributed by atoms with Crippen LogP contribution < -0.4 is 10.1 Å². The Balaban J connectivity index is 1.69. The maximum atomic E-state index is 12.3. The predicted octanol–water partition coefficient (Wildman–Crippen LogP) is 2.87. The van der Waals surface area contributed by atoms with Crippen LogP contribution in [0.15, 0.2) is 18.2 Å². The lowest BCUT2D eigenvalue weighted by atomic mass is 10.0. The van der Waals surface area contributed by atoms with Gasteiger partial charge in [0.25, 0.3) is 0 Å². The number of rotatable bonds is 3. The van der Waals surface area contributed by atoms with Crippen LogP contribution in [0.1, 0.15) is 19.3 Å². The molecule has 7 heteroatoms. The first-order valence-corrected chi connectivity index (χ1v) is 7.47. The van der Waals surface area contributed by atoms with Gasteiger partial charge in [0.2, 0.25) is 0 Å². The number of carbonyl (C=O) groups excluding carboxylic acids is 1. The Morgan fingerprint density at radius 1 is 1.36 bits per heavy atom. The second-order valence-electron chi connectivity index (χ2n) is 5.93. The summed E-state index contributed by atoms with van der Waals surface area (Å²) in [5.74, 6) is 1.42. The molecule has 118 valence electrons. The molecule has 0 aromatic heterocycles. The molecule has 1 aliphatic carbocycles. The van der Waals surface area contributed by atoms with Crippen molar-refractivity contribution in [3.05, 3.63) is 28.3 Å². The highest BCUT2D eigenvalue weighted by Gasteiger charge is 2.38. The number of nitro benzene ring substituents is 1. The Morgan fingerprint density at radius 2 is 2.05 bits per heavy atom. The molecule has 1 N–H and O–H groups in total. The fraction of sp³-hybridized carbons (Fsp3) is 0.533. The van der Waals surface area contributed by atoms with Gasteiger partial charge in [0.05, 0.1) is 12.0 Å². The lowest BCUT2D eigenvalue weighted by Crippen LogP contribution is -2.33. The summed E-state index contributed by atoms with van der Waals surface area (Å²) in [7, 11) is 1.38. The van der Waals surface area contributed by atoms with E-state index in [9.17, 15) is 14.9 Å². The SMILES string of the molecule is COc1ccc(NC(=O)N2C[C@H]3CCC[C@H]3C2)cc1[N+](=O)[O-]. The van der Waals surface area contributed by atoms with Crippen molar-refractivity contribution in [2.45, 2.75) is 19.3 Å². The van der Waals surface area contributed by atoms with Gasteiger partial charge in [-0.15, -0.1) is 0 Å². The van der Waals surface area contributed by atoms with Gasteiger partial charge in [0.1, 0.15) is 0 Å². The minimum Gasteiger partial charge on any atom is -0.490 e. The van der Waals surface area contributed by atoms with E-state index in [1.807, 2.05) is 4.90 Å². The molecule has 2 fully saturated rings. The first-order chi connectivity index (χ1) is 10.6. The standard InChI is InChI=1S/C15H19N3O4/c1-22-14-6-5-12(7-13(14)18(20)21)16-15(19)17-8-10-3-2-4-11(10)9-17/h5-7,10-11H,2-4,8-9H2,1H3,(H,16,19)/t10-,11+. The molecule has 1 aromatic carbocycles. The molecule has 2 amide bonds. The number of urea groups is 1. The van der Waals surface area contributed by atoms with Crippen molar-refractivity contribution in [2.24, 2.45) is 11.8 Å². The summed E-state index contributed by atoms with van der Waals surface area (Å²) in [6, 6.07) is 4.25. The minimum absolute atomic E-state index is 0.154. The summed E-state index contributed by atoms with van der Waals surface area (Å²) in [5.41, 5.74) is 0.258. The maximum absolute atomic E-state index is 12.3. The highest BCUT2D eigenvalue weighted by Crippen LogP contribution is 2.38. The van der Waals surface area contributed by atoms with Crippen molar-refractivity contribution in [1.29, 1.82) is 0 Å². The van der Waals surface area contributed by atoms with Crippen molar-refractivity contribution in [3.8, 4) is 5.75 Å². The quantitative estimate of drug-likeness (QED) is 0.687. The topological polar surface area (TPSA) is 84.7 Å². The van der Waals surface area contributed by atoms with Crippen LogP contribution in [0.5, 0.6) is 5.75 Å². The van der Waals surface area contributed by atoms with Crippen LogP contribution >= 0.6 is 0 Å². The van der Waals surface area contributed by atoms with Gasteiger partial charge in [-0.25, -0.2) is 4.79 Å². The number of carbonyl (C=O) groups is 1. The van der Waals surface area contributed by atoms with Crippen molar-refractivity contribution >= 4 is 17.4 Å². The molecule has 2 aliphatic rings. The number of nitrogens with zero attached hydrogens (tertiary/aromatic N) is 2. The van der Waals surface area contributed by atoms with Crippen LogP contribution in [0.3, 0.4) is 0 Å². The fourth-order valence-corrected chi connectivity index (χ4v) is 3.51. The average molecular weight is 305 g/mol. The first-order valence-electron chi connectivity index (χ1n) is 7.47. The third-order valence-corrected chi connectivity index (χ3v) is 4.64. The highest BCUT2D eigenvalue weighted by molar-refractivity contribution is 5.90. The van der Waals surface area contributed by atoms with Gasteiger partial charge >= 0.3 is 11.7 Å². The Hall–Kier alpha value is -2.31. The molecular weight excluding hydrogens is 286 g/mol. The number of hydrogen-bond donors (Lipinski definition) is 1. The second kappa shape index (κ2) is 5.82. The predicted molar refractivity (Wildman–Crippen MR) is 81.1 cm³/mol. The summed E-state index contributed by atoms with van der Waals surface area (Å²) in [6.07, 6.45) is 3.65. The smallest absolute Gasteiger partial charge is 0.321 e. The summed E-state index contributed by atoms with van der Waals surface area (Å²) in [5, 5.41) is 13.8. The molecule has 1 heterocycles. The van der Waals surface area contributed by atoms with Crippen molar-refractivity contribution in [2.75, 3.05) is 25.5 Å². The monoisotopic (exact) mass is 305 g/mol. The van der Waals surface area contributed by atoms with Gasteiger partial charge < -0.3 is 15.0 Å². The Kier molecular flexibility index (Phi) is 3.87. The molecule has 1 aromatic rings. The van der Waals surface area contributed by atoms with Gasteiger partial charge in [-0.3, -0.25) is 10.1 Å². The Bertz CT molecular complexity index is 592. The number of nitrogens with one attached hydrogen (secondary N) is 1. The van der Waals surface area contributed by atoms with Gasteiger partial charge in [0.15, 0.2) is 5.75 Å². The zero-order chi connectivity index (χ0) is 15.7. The molecule has 1 saturated heterocycles. The molecule has 3 rings (SSSR count). The van der Waals surface area contributed by atoms with Crippen LogP contribution in [0.25, 0.3) is 0 Å². The van der Waals surface area contributed by atoms with Crippen LogP contribution in [0.2, 0.25) is 0 Å². The fourth-order valence-electron chi connectivity index (χ4n) is 3.51. The molecule has 7 nitrogen and oxygen atoms in total.